The van der Waals surface area contributed by atoms with Gasteiger partial charge in [0, 0.05) is 12.0 Å². The standard InChI is InChI=1S/C23H32O3/c1-22(2,3)17-13-15(14-18(21(17)25)23(4,5)6)11-12-19(24)16-9-8-10-20(16)26-7/h8,10,13-14,25H,9,11-12H2,1-7H3. The highest BCUT2D eigenvalue weighted by Crippen LogP contribution is 2.40. The number of ketones is 1. The Kier molecular flexibility index (Phi) is 5.70. The number of phenolic OH excluding ortho intramolecular Hbond substituents is 1. The van der Waals surface area contributed by atoms with Crippen LogP contribution in [0.5, 0.6) is 5.75 Å². The van der Waals surface area contributed by atoms with Crippen LogP contribution >= 0.6 is 0 Å². The largest absolute Gasteiger partial charge is 0.507 e. The molecular formula is C23H32O3. The van der Waals surface area contributed by atoms with Crippen molar-refractivity contribution in [3.8, 4) is 5.75 Å². The Labute approximate surface area is 157 Å². The molecule has 1 aromatic carbocycles. The van der Waals surface area contributed by atoms with Crippen molar-refractivity contribution >= 4 is 5.78 Å². The first-order valence-corrected chi connectivity index (χ1v) is 9.29. The van der Waals surface area contributed by atoms with Gasteiger partial charge in [-0.1, -0.05) is 59.8 Å². The average Bonchev–Trinajstić information content (AvgIpc) is 2.99. The van der Waals surface area contributed by atoms with Gasteiger partial charge in [0.25, 0.3) is 0 Å². The second-order valence-corrected chi connectivity index (χ2v) is 9.12. The summed E-state index contributed by atoms with van der Waals surface area (Å²) >= 11 is 0. The van der Waals surface area contributed by atoms with Crippen molar-refractivity contribution in [3.05, 3.63) is 52.3 Å². The van der Waals surface area contributed by atoms with Crippen molar-refractivity contribution in [1.29, 1.82) is 0 Å². The van der Waals surface area contributed by atoms with E-state index in [2.05, 4.69) is 53.7 Å². The van der Waals surface area contributed by atoms with E-state index in [1.165, 1.54) is 0 Å². The number of aromatic hydroxyl groups is 1. The lowest BCUT2D eigenvalue weighted by molar-refractivity contribution is -0.115. The lowest BCUT2D eigenvalue weighted by Crippen LogP contribution is -2.18. The minimum Gasteiger partial charge on any atom is -0.507 e. The average molecular weight is 357 g/mol. The molecule has 2 rings (SSSR count). The van der Waals surface area contributed by atoms with Crippen LogP contribution in [0.1, 0.15) is 71.1 Å². The van der Waals surface area contributed by atoms with Crippen molar-refractivity contribution in [1.82, 2.24) is 0 Å². The summed E-state index contributed by atoms with van der Waals surface area (Å²) < 4.78 is 5.28. The van der Waals surface area contributed by atoms with Crippen LogP contribution in [0.25, 0.3) is 0 Å². The third-order valence-electron chi connectivity index (χ3n) is 4.87. The molecule has 0 atom stereocenters. The summed E-state index contributed by atoms with van der Waals surface area (Å²) in [7, 11) is 1.60. The van der Waals surface area contributed by atoms with Gasteiger partial charge >= 0.3 is 0 Å². The molecule has 0 saturated carbocycles. The maximum absolute atomic E-state index is 12.6. The number of phenols is 1. The van der Waals surface area contributed by atoms with Crippen molar-refractivity contribution in [2.75, 3.05) is 7.11 Å². The fourth-order valence-corrected chi connectivity index (χ4v) is 3.32. The van der Waals surface area contributed by atoms with Crippen LogP contribution in [0.2, 0.25) is 0 Å². The third-order valence-corrected chi connectivity index (χ3v) is 4.87. The van der Waals surface area contributed by atoms with Gasteiger partial charge in [0.15, 0.2) is 5.78 Å². The van der Waals surface area contributed by atoms with Crippen LogP contribution in [0.4, 0.5) is 0 Å². The fourth-order valence-electron chi connectivity index (χ4n) is 3.32. The Morgan fingerprint density at radius 1 is 1.08 bits per heavy atom. The summed E-state index contributed by atoms with van der Waals surface area (Å²) in [6, 6.07) is 4.10. The number of allylic oxidation sites excluding steroid dienone is 3. The van der Waals surface area contributed by atoms with Gasteiger partial charge in [-0.25, -0.2) is 0 Å². The van der Waals surface area contributed by atoms with Crippen LogP contribution in [-0.4, -0.2) is 18.0 Å². The maximum Gasteiger partial charge on any atom is 0.163 e. The number of methoxy groups -OCH3 is 1. The molecule has 1 aromatic rings. The molecule has 3 nitrogen and oxygen atoms in total. The number of hydrogen-bond acceptors (Lipinski definition) is 3. The molecule has 1 aliphatic carbocycles. The minimum absolute atomic E-state index is 0.134. The quantitative estimate of drug-likeness (QED) is 0.773. The van der Waals surface area contributed by atoms with Gasteiger partial charge in [-0.3, -0.25) is 4.79 Å². The highest BCUT2D eigenvalue weighted by Gasteiger charge is 2.27. The number of hydrogen-bond donors (Lipinski definition) is 1. The van der Waals surface area contributed by atoms with E-state index in [4.69, 9.17) is 4.74 Å². The summed E-state index contributed by atoms with van der Waals surface area (Å²) in [5.41, 5.74) is 3.41. The van der Waals surface area contributed by atoms with Crippen LogP contribution in [-0.2, 0) is 26.8 Å². The number of carbonyl (C=O) groups excluding carboxylic acids is 1. The van der Waals surface area contributed by atoms with E-state index in [9.17, 15) is 9.90 Å². The summed E-state index contributed by atoms with van der Waals surface area (Å²) in [4.78, 5) is 12.6. The highest BCUT2D eigenvalue weighted by molar-refractivity contribution is 5.97. The molecule has 0 radical (unpaired) electrons. The number of Topliss-reactive ketones (excluding diaryl/α,β-unsaturated/α-hetero) is 1. The van der Waals surface area contributed by atoms with Gasteiger partial charge in [0.1, 0.15) is 11.5 Å². The monoisotopic (exact) mass is 356 g/mol. The third kappa shape index (κ3) is 4.38. The normalized spacial score (nSPS) is 14.9. The van der Waals surface area contributed by atoms with E-state index >= 15 is 0 Å². The molecule has 1 aliphatic rings. The molecule has 1 N–H and O–H groups in total. The first-order chi connectivity index (χ1) is 11.9. The molecule has 3 heteroatoms. The van der Waals surface area contributed by atoms with Crippen molar-refractivity contribution in [2.45, 2.75) is 71.6 Å². The highest BCUT2D eigenvalue weighted by atomic mass is 16.5. The van der Waals surface area contributed by atoms with Crippen LogP contribution < -0.4 is 0 Å². The zero-order chi connectivity index (χ0) is 19.7. The summed E-state index contributed by atoms with van der Waals surface area (Å²) in [5, 5.41) is 10.8. The lowest BCUT2D eigenvalue weighted by atomic mass is 9.78. The predicted molar refractivity (Wildman–Crippen MR) is 107 cm³/mol. The molecule has 0 saturated heterocycles. The smallest absolute Gasteiger partial charge is 0.163 e. The van der Waals surface area contributed by atoms with E-state index in [-0.39, 0.29) is 16.6 Å². The second-order valence-electron chi connectivity index (χ2n) is 9.12. The van der Waals surface area contributed by atoms with Gasteiger partial charge in [-0.15, -0.1) is 0 Å². The van der Waals surface area contributed by atoms with E-state index < -0.39 is 0 Å². The molecule has 0 bridgehead atoms. The van der Waals surface area contributed by atoms with Gasteiger partial charge in [-0.2, -0.15) is 0 Å². The Bertz CT molecular complexity index is 718. The molecule has 0 fully saturated rings. The first-order valence-electron chi connectivity index (χ1n) is 9.29. The Hall–Kier alpha value is -2.03. The molecule has 0 aromatic heterocycles. The zero-order valence-electron chi connectivity index (χ0n) is 17.2. The molecule has 0 heterocycles. The Morgan fingerprint density at radius 2 is 1.62 bits per heavy atom. The summed E-state index contributed by atoms with van der Waals surface area (Å²) in [5.74, 6) is 1.20. The molecule has 0 unspecified atom stereocenters. The number of aryl methyl sites for hydroxylation is 1. The first kappa shape index (κ1) is 20.3. The lowest BCUT2D eigenvalue weighted by Gasteiger charge is -2.28. The summed E-state index contributed by atoms with van der Waals surface area (Å²) in [6.07, 6.45) is 5.58. The number of carbonyl (C=O) groups is 1. The van der Waals surface area contributed by atoms with Crippen LogP contribution in [0, 0.1) is 0 Å². The van der Waals surface area contributed by atoms with Gasteiger partial charge in [0.2, 0.25) is 0 Å². The number of rotatable bonds is 5. The van der Waals surface area contributed by atoms with Gasteiger partial charge in [0.05, 0.1) is 7.11 Å². The number of benzene rings is 1. The molecule has 142 valence electrons. The molecule has 0 spiro atoms. The molecule has 0 aliphatic heterocycles. The minimum atomic E-state index is -0.161. The molecule has 26 heavy (non-hydrogen) atoms. The van der Waals surface area contributed by atoms with Gasteiger partial charge < -0.3 is 9.84 Å². The van der Waals surface area contributed by atoms with Crippen molar-refractivity contribution in [2.24, 2.45) is 0 Å². The number of ether oxygens (including phenoxy) is 1. The molecule has 0 amide bonds. The second kappa shape index (κ2) is 7.30. The van der Waals surface area contributed by atoms with E-state index in [0.29, 0.717) is 30.8 Å². The summed E-state index contributed by atoms with van der Waals surface area (Å²) in [6.45, 7) is 12.6. The zero-order valence-corrected chi connectivity index (χ0v) is 17.2. The van der Waals surface area contributed by atoms with Gasteiger partial charge in [-0.05, 0) is 46.4 Å². The predicted octanol–water partition coefficient (Wildman–Crippen LogP) is 5.35. The Morgan fingerprint density at radius 3 is 2.08 bits per heavy atom. The Balaban J connectivity index is 2.31. The van der Waals surface area contributed by atoms with Crippen molar-refractivity contribution in [3.63, 3.8) is 0 Å². The fraction of sp³-hybridized carbons (Fsp3) is 0.522. The maximum atomic E-state index is 12.6. The van der Waals surface area contributed by atoms with Crippen LogP contribution in [0.15, 0.2) is 35.6 Å². The van der Waals surface area contributed by atoms with E-state index in [0.717, 1.165) is 22.3 Å². The molecular weight excluding hydrogens is 324 g/mol. The van der Waals surface area contributed by atoms with Crippen LogP contribution in [0.3, 0.4) is 0 Å². The topological polar surface area (TPSA) is 46.5 Å². The van der Waals surface area contributed by atoms with Crippen molar-refractivity contribution < 1.29 is 14.6 Å². The van der Waals surface area contributed by atoms with E-state index in [1.807, 2.05) is 12.2 Å². The van der Waals surface area contributed by atoms with E-state index in [1.54, 1.807) is 7.11 Å². The SMILES string of the molecule is COC1=C(C(=O)CCc2cc(C(C)(C)C)c(O)c(C(C)(C)C)c2)CC=C1.